The zero-order valence-corrected chi connectivity index (χ0v) is 10.6. The molecule has 0 bridgehead atoms. The lowest BCUT2D eigenvalue weighted by molar-refractivity contribution is 0.0697. The average Bonchev–Trinajstić information content (AvgIpc) is 2.29. The minimum Gasteiger partial charge on any atom is -0.478 e. The van der Waals surface area contributed by atoms with Crippen molar-refractivity contribution >= 4 is 23.3 Å². The molecular formula is C13H16ClNO2. The molecular weight excluding hydrogens is 238 g/mol. The van der Waals surface area contributed by atoms with E-state index in [2.05, 4.69) is 11.8 Å². The van der Waals surface area contributed by atoms with Crippen molar-refractivity contribution in [2.45, 2.75) is 32.2 Å². The minimum absolute atomic E-state index is 0.167. The molecule has 1 aliphatic rings. The molecule has 0 amide bonds. The van der Waals surface area contributed by atoms with Crippen molar-refractivity contribution in [3.8, 4) is 0 Å². The SMILES string of the molecule is CC1CCCCN1c1ccc(C(=O)O)c(Cl)c1. The maximum Gasteiger partial charge on any atom is 0.337 e. The fraction of sp³-hybridized carbons (Fsp3) is 0.462. The Morgan fingerprint density at radius 1 is 1.47 bits per heavy atom. The van der Waals surface area contributed by atoms with Crippen molar-refractivity contribution in [1.82, 2.24) is 0 Å². The van der Waals surface area contributed by atoms with Crippen molar-refractivity contribution in [2.75, 3.05) is 11.4 Å². The number of halogens is 1. The molecule has 3 nitrogen and oxygen atoms in total. The van der Waals surface area contributed by atoms with E-state index in [1.54, 1.807) is 12.1 Å². The van der Waals surface area contributed by atoms with E-state index in [1.165, 1.54) is 19.3 Å². The number of carboxylic acid groups (broad SMARTS) is 1. The molecule has 1 aromatic carbocycles. The minimum atomic E-state index is -0.978. The molecule has 1 atom stereocenters. The lowest BCUT2D eigenvalue weighted by Gasteiger charge is -2.35. The largest absolute Gasteiger partial charge is 0.478 e. The highest BCUT2D eigenvalue weighted by Crippen LogP contribution is 2.28. The van der Waals surface area contributed by atoms with Crippen molar-refractivity contribution in [2.24, 2.45) is 0 Å². The van der Waals surface area contributed by atoms with Gasteiger partial charge in [0.25, 0.3) is 0 Å². The first-order valence-corrected chi connectivity index (χ1v) is 6.27. The molecule has 1 N–H and O–H groups in total. The summed E-state index contributed by atoms with van der Waals surface area (Å²) in [7, 11) is 0. The summed E-state index contributed by atoms with van der Waals surface area (Å²) in [6.45, 7) is 3.21. The van der Waals surface area contributed by atoms with E-state index >= 15 is 0 Å². The second-order valence-corrected chi connectivity index (χ2v) is 4.91. The number of piperidine rings is 1. The molecule has 0 aliphatic carbocycles. The third-order valence-corrected chi connectivity index (χ3v) is 3.63. The van der Waals surface area contributed by atoms with Crippen LogP contribution >= 0.6 is 11.6 Å². The Balaban J connectivity index is 2.27. The number of benzene rings is 1. The molecule has 1 aliphatic heterocycles. The van der Waals surface area contributed by atoms with Gasteiger partial charge in [0.1, 0.15) is 0 Å². The predicted molar refractivity (Wildman–Crippen MR) is 69.1 cm³/mol. The summed E-state index contributed by atoms with van der Waals surface area (Å²) in [5.41, 5.74) is 1.19. The Hall–Kier alpha value is -1.22. The second kappa shape index (κ2) is 4.96. The van der Waals surface area contributed by atoms with Gasteiger partial charge in [-0.2, -0.15) is 0 Å². The predicted octanol–water partition coefficient (Wildman–Crippen LogP) is 3.42. The zero-order valence-electron chi connectivity index (χ0n) is 9.82. The first kappa shape index (κ1) is 12.2. The summed E-state index contributed by atoms with van der Waals surface area (Å²) in [6.07, 6.45) is 3.62. The summed E-state index contributed by atoms with van der Waals surface area (Å²) < 4.78 is 0. The number of rotatable bonds is 2. The maximum atomic E-state index is 10.9. The molecule has 92 valence electrons. The van der Waals surface area contributed by atoms with Gasteiger partial charge in [0.2, 0.25) is 0 Å². The molecule has 2 rings (SSSR count). The summed E-state index contributed by atoms with van der Waals surface area (Å²) in [6, 6.07) is 5.68. The fourth-order valence-electron chi connectivity index (χ4n) is 2.34. The Morgan fingerprint density at radius 3 is 2.82 bits per heavy atom. The van der Waals surface area contributed by atoms with Gasteiger partial charge in [-0.3, -0.25) is 0 Å². The number of carboxylic acids is 1. The van der Waals surface area contributed by atoms with Crippen molar-refractivity contribution < 1.29 is 9.90 Å². The van der Waals surface area contributed by atoms with Gasteiger partial charge in [0.15, 0.2) is 0 Å². The molecule has 1 fully saturated rings. The summed E-state index contributed by atoms with van der Waals surface area (Å²) in [4.78, 5) is 13.2. The van der Waals surface area contributed by atoms with Crippen LogP contribution in [0, 0.1) is 0 Å². The normalized spacial score (nSPS) is 20.4. The number of hydrogen-bond donors (Lipinski definition) is 1. The van der Waals surface area contributed by atoms with Crippen LogP contribution in [0.15, 0.2) is 18.2 Å². The van der Waals surface area contributed by atoms with Crippen LogP contribution < -0.4 is 4.90 Å². The zero-order chi connectivity index (χ0) is 12.4. The first-order valence-electron chi connectivity index (χ1n) is 5.89. The third-order valence-electron chi connectivity index (χ3n) is 3.32. The number of aromatic carboxylic acids is 1. The molecule has 4 heteroatoms. The topological polar surface area (TPSA) is 40.5 Å². The molecule has 1 unspecified atom stereocenters. The van der Waals surface area contributed by atoms with Crippen LogP contribution in [0.5, 0.6) is 0 Å². The lowest BCUT2D eigenvalue weighted by atomic mass is 10.0. The van der Waals surface area contributed by atoms with Crippen LogP contribution in [0.25, 0.3) is 0 Å². The van der Waals surface area contributed by atoms with Crippen molar-refractivity contribution in [3.05, 3.63) is 28.8 Å². The van der Waals surface area contributed by atoms with Gasteiger partial charge >= 0.3 is 5.97 Å². The standard InChI is InChI=1S/C13H16ClNO2/c1-9-4-2-3-7-15(9)10-5-6-11(13(16)17)12(14)8-10/h5-6,8-9H,2-4,7H2,1H3,(H,16,17). The van der Waals surface area contributed by atoms with Crippen LogP contribution in [0.3, 0.4) is 0 Å². The lowest BCUT2D eigenvalue weighted by Crippen LogP contribution is -2.37. The van der Waals surface area contributed by atoms with E-state index in [9.17, 15) is 4.79 Å². The van der Waals surface area contributed by atoms with E-state index < -0.39 is 5.97 Å². The molecule has 17 heavy (non-hydrogen) atoms. The quantitative estimate of drug-likeness (QED) is 0.878. The van der Waals surface area contributed by atoms with E-state index in [4.69, 9.17) is 16.7 Å². The summed E-state index contributed by atoms with van der Waals surface area (Å²) in [5.74, 6) is -0.978. The molecule has 0 saturated carbocycles. The van der Waals surface area contributed by atoms with Gasteiger partial charge in [-0.15, -0.1) is 0 Å². The van der Waals surface area contributed by atoms with E-state index in [0.29, 0.717) is 11.1 Å². The maximum absolute atomic E-state index is 10.9. The number of carbonyl (C=O) groups is 1. The monoisotopic (exact) mass is 253 g/mol. The van der Waals surface area contributed by atoms with Gasteiger partial charge < -0.3 is 10.0 Å². The third kappa shape index (κ3) is 2.55. The highest BCUT2D eigenvalue weighted by molar-refractivity contribution is 6.33. The van der Waals surface area contributed by atoms with Crippen LogP contribution in [-0.4, -0.2) is 23.7 Å². The molecule has 0 spiro atoms. The number of nitrogens with zero attached hydrogens (tertiary/aromatic N) is 1. The smallest absolute Gasteiger partial charge is 0.337 e. The highest BCUT2D eigenvalue weighted by atomic mass is 35.5. The van der Waals surface area contributed by atoms with Crippen molar-refractivity contribution in [1.29, 1.82) is 0 Å². The Morgan fingerprint density at radius 2 is 2.24 bits per heavy atom. The van der Waals surface area contributed by atoms with Gasteiger partial charge in [-0.1, -0.05) is 11.6 Å². The van der Waals surface area contributed by atoms with Crippen LogP contribution in [0.4, 0.5) is 5.69 Å². The van der Waals surface area contributed by atoms with Crippen LogP contribution in [0.2, 0.25) is 5.02 Å². The molecule has 1 aromatic rings. The average molecular weight is 254 g/mol. The highest BCUT2D eigenvalue weighted by Gasteiger charge is 2.19. The van der Waals surface area contributed by atoms with Gasteiger partial charge in [0.05, 0.1) is 10.6 Å². The number of anilines is 1. The summed E-state index contributed by atoms with van der Waals surface area (Å²) in [5, 5.41) is 9.23. The molecule has 0 radical (unpaired) electrons. The van der Waals surface area contributed by atoms with Crippen molar-refractivity contribution in [3.63, 3.8) is 0 Å². The van der Waals surface area contributed by atoms with E-state index in [-0.39, 0.29) is 5.56 Å². The first-order chi connectivity index (χ1) is 8.09. The van der Waals surface area contributed by atoms with Gasteiger partial charge in [0, 0.05) is 18.3 Å². The summed E-state index contributed by atoms with van der Waals surface area (Å²) >= 11 is 5.98. The molecule has 1 saturated heterocycles. The van der Waals surface area contributed by atoms with E-state index in [1.807, 2.05) is 6.07 Å². The Labute approximate surface area is 106 Å². The second-order valence-electron chi connectivity index (χ2n) is 4.51. The fourth-order valence-corrected chi connectivity index (χ4v) is 2.59. The van der Waals surface area contributed by atoms with Gasteiger partial charge in [-0.25, -0.2) is 4.79 Å². The van der Waals surface area contributed by atoms with E-state index in [0.717, 1.165) is 12.2 Å². The molecule has 0 aromatic heterocycles. The molecule has 1 heterocycles. The van der Waals surface area contributed by atoms with Crippen LogP contribution in [-0.2, 0) is 0 Å². The van der Waals surface area contributed by atoms with Gasteiger partial charge in [-0.05, 0) is 44.4 Å². The van der Waals surface area contributed by atoms with Crippen LogP contribution in [0.1, 0.15) is 36.5 Å². The number of hydrogen-bond acceptors (Lipinski definition) is 2. The Kier molecular flexibility index (Phi) is 3.57. The Bertz CT molecular complexity index is 433.